The van der Waals surface area contributed by atoms with Gasteiger partial charge in [0.15, 0.2) is 0 Å². The number of fused-ring (bicyclic) bond motifs is 1. The Balaban J connectivity index is 1.59. The minimum Gasteiger partial charge on any atom is -0.508 e. The topological polar surface area (TPSA) is 77.5 Å². The maximum atomic E-state index is 13.5. The van der Waals surface area contributed by atoms with Crippen LogP contribution in [-0.4, -0.2) is 26.9 Å². The SMILES string of the molecule is Cc1cc(O)c(C2NNC3C(=O)N(Cc4cccnc4)C(c4ccc(Cl)cc4)C32)cc1Cl. The van der Waals surface area contributed by atoms with Crippen molar-refractivity contribution in [3.63, 3.8) is 0 Å². The molecule has 1 amide bonds. The number of phenolic OH excluding ortho intramolecular Hbond substituents is 1. The number of nitrogens with one attached hydrogen (secondary N) is 2. The zero-order chi connectivity index (χ0) is 22.4. The summed E-state index contributed by atoms with van der Waals surface area (Å²) in [6.45, 7) is 2.28. The molecule has 1 aromatic heterocycles. The Morgan fingerprint density at radius 1 is 1.09 bits per heavy atom. The summed E-state index contributed by atoms with van der Waals surface area (Å²) >= 11 is 12.5. The van der Waals surface area contributed by atoms with Gasteiger partial charge in [-0.2, -0.15) is 0 Å². The number of pyridine rings is 1. The fraction of sp³-hybridized carbons (Fsp3) is 0.250. The summed E-state index contributed by atoms with van der Waals surface area (Å²) in [5.41, 5.74) is 9.79. The van der Waals surface area contributed by atoms with Gasteiger partial charge in [0.1, 0.15) is 11.8 Å². The number of carbonyl (C=O) groups excluding carboxylic acids is 1. The van der Waals surface area contributed by atoms with Crippen molar-refractivity contribution >= 4 is 29.1 Å². The molecular weight excluding hydrogens is 447 g/mol. The fourth-order valence-electron chi connectivity index (χ4n) is 4.82. The zero-order valence-corrected chi connectivity index (χ0v) is 18.8. The van der Waals surface area contributed by atoms with Gasteiger partial charge in [0.25, 0.3) is 0 Å². The average Bonchev–Trinajstić information content (AvgIpc) is 3.32. The molecule has 0 saturated carbocycles. The number of rotatable bonds is 4. The van der Waals surface area contributed by atoms with E-state index in [1.807, 2.05) is 48.2 Å². The highest BCUT2D eigenvalue weighted by atomic mass is 35.5. The number of aromatic nitrogens is 1. The third kappa shape index (κ3) is 3.63. The summed E-state index contributed by atoms with van der Waals surface area (Å²) in [6.07, 6.45) is 3.49. The Morgan fingerprint density at radius 2 is 1.84 bits per heavy atom. The van der Waals surface area contributed by atoms with E-state index in [0.29, 0.717) is 22.2 Å². The van der Waals surface area contributed by atoms with Crippen molar-refractivity contribution in [3.05, 3.63) is 93.2 Å². The van der Waals surface area contributed by atoms with E-state index in [9.17, 15) is 9.90 Å². The molecule has 3 heterocycles. The average molecular weight is 469 g/mol. The number of nitrogens with zero attached hydrogens (tertiary/aromatic N) is 2. The van der Waals surface area contributed by atoms with Crippen LogP contribution in [0.4, 0.5) is 0 Å². The van der Waals surface area contributed by atoms with Crippen LogP contribution in [0, 0.1) is 12.8 Å². The molecule has 0 bridgehead atoms. The Kier molecular flexibility index (Phi) is 5.55. The number of amides is 1. The quantitative estimate of drug-likeness (QED) is 0.531. The second-order valence-corrected chi connectivity index (χ2v) is 9.15. The van der Waals surface area contributed by atoms with Crippen molar-refractivity contribution in [1.82, 2.24) is 20.7 Å². The van der Waals surface area contributed by atoms with E-state index in [2.05, 4.69) is 15.8 Å². The van der Waals surface area contributed by atoms with Crippen LogP contribution in [0.25, 0.3) is 0 Å². The predicted octanol–water partition coefficient (Wildman–Crippen LogP) is 4.32. The van der Waals surface area contributed by atoms with Gasteiger partial charge in [0.05, 0.1) is 12.1 Å². The van der Waals surface area contributed by atoms with Crippen LogP contribution in [0.5, 0.6) is 5.75 Å². The molecule has 0 spiro atoms. The van der Waals surface area contributed by atoms with Crippen LogP contribution < -0.4 is 10.9 Å². The molecule has 4 atom stereocenters. The zero-order valence-electron chi connectivity index (χ0n) is 17.3. The third-order valence-corrected chi connectivity index (χ3v) is 7.00. The molecule has 3 N–H and O–H groups in total. The highest BCUT2D eigenvalue weighted by molar-refractivity contribution is 6.31. The maximum absolute atomic E-state index is 13.5. The maximum Gasteiger partial charge on any atom is 0.242 e. The van der Waals surface area contributed by atoms with Crippen molar-refractivity contribution < 1.29 is 9.90 Å². The van der Waals surface area contributed by atoms with Crippen LogP contribution in [0.3, 0.4) is 0 Å². The van der Waals surface area contributed by atoms with Gasteiger partial charge >= 0.3 is 0 Å². The molecule has 6 nitrogen and oxygen atoms in total. The third-order valence-electron chi connectivity index (χ3n) is 6.34. The highest BCUT2D eigenvalue weighted by Gasteiger charge is 2.55. The summed E-state index contributed by atoms with van der Waals surface area (Å²) in [7, 11) is 0. The molecule has 3 aromatic rings. The lowest BCUT2D eigenvalue weighted by Crippen LogP contribution is -2.41. The van der Waals surface area contributed by atoms with Gasteiger partial charge < -0.3 is 10.0 Å². The number of benzene rings is 2. The number of aromatic hydroxyl groups is 1. The molecule has 0 radical (unpaired) electrons. The van der Waals surface area contributed by atoms with E-state index >= 15 is 0 Å². The first-order valence-corrected chi connectivity index (χ1v) is 11.1. The number of hydrogen-bond donors (Lipinski definition) is 3. The molecule has 32 heavy (non-hydrogen) atoms. The van der Waals surface area contributed by atoms with Gasteiger partial charge in [-0.15, -0.1) is 0 Å². The molecular formula is C24H22Cl2N4O2. The van der Waals surface area contributed by atoms with Crippen LogP contribution in [-0.2, 0) is 11.3 Å². The number of phenols is 1. The van der Waals surface area contributed by atoms with Gasteiger partial charge in [0.2, 0.25) is 5.91 Å². The standard InChI is InChI=1S/C24H22Cl2N4O2/c1-13-9-19(31)17(10-18(13)26)21-20-22(29-28-21)24(32)30(12-14-3-2-8-27-11-14)23(20)15-4-6-16(25)7-5-15/h2-11,20-23,28-29,31H,12H2,1H3. The largest absolute Gasteiger partial charge is 0.508 e. The van der Waals surface area contributed by atoms with Crippen LogP contribution in [0.2, 0.25) is 10.0 Å². The van der Waals surface area contributed by atoms with Gasteiger partial charge in [0, 0.05) is 40.5 Å². The molecule has 164 valence electrons. The van der Waals surface area contributed by atoms with E-state index < -0.39 is 6.04 Å². The smallest absolute Gasteiger partial charge is 0.242 e. The number of halogens is 2. The van der Waals surface area contributed by atoms with Crippen molar-refractivity contribution in [3.8, 4) is 5.75 Å². The van der Waals surface area contributed by atoms with Gasteiger partial charge in [-0.05, 0) is 53.9 Å². The number of carbonyl (C=O) groups is 1. The predicted molar refractivity (Wildman–Crippen MR) is 123 cm³/mol. The molecule has 2 aliphatic heterocycles. The first-order chi connectivity index (χ1) is 15.4. The van der Waals surface area contributed by atoms with Crippen molar-refractivity contribution in [2.75, 3.05) is 0 Å². The molecule has 2 saturated heterocycles. The lowest BCUT2D eigenvalue weighted by Gasteiger charge is -2.31. The lowest BCUT2D eigenvalue weighted by molar-refractivity contribution is -0.131. The first-order valence-electron chi connectivity index (χ1n) is 10.4. The molecule has 2 fully saturated rings. The van der Waals surface area contributed by atoms with Crippen molar-refractivity contribution in [1.29, 1.82) is 0 Å². The summed E-state index contributed by atoms with van der Waals surface area (Å²) < 4.78 is 0. The number of likely N-dealkylation sites (tertiary alicyclic amines) is 1. The minimum atomic E-state index is -0.447. The van der Waals surface area contributed by atoms with Crippen LogP contribution in [0.15, 0.2) is 60.9 Å². The molecule has 0 aliphatic carbocycles. The second kappa shape index (κ2) is 8.37. The molecule has 8 heteroatoms. The lowest BCUT2D eigenvalue weighted by atomic mass is 9.83. The van der Waals surface area contributed by atoms with Crippen LogP contribution >= 0.6 is 23.2 Å². The number of hydrogen-bond acceptors (Lipinski definition) is 5. The Labute approximate surface area is 196 Å². The monoisotopic (exact) mass is 468 g/mol. The van der Waals surface area contributed by atoms with Crippen molar-refractivity contribution in [2.24, 2.45) is 5.92 Å². The van der Waals surface area contributed by atoms with E-state index in [-0.39, 0.29) is 29.7 Å². The van der Waals surface area contributed by atoms with Gasteiger partial charge in [-0.25, -0.2) is 10.9 Å². The normalized spacial score (nSPS) is 24.7. The van der Waals surface area contributed by atoms with Crippen molar-refractivity contribution in [2.45, 2.75) is 31.6 Å². The van der Waals surface area contributed by atoms with E-state index in [4.69, 9.17) is 23.2 Å². The number of aryl methyl sites for hydroxylation is 1. The van der Waals surface area contributed by atoms with E-state index in [1.54, 1.807) is 24.5 Å². The van der Waals surface area contributed by atoms with E-state index in [0.717, 1.165) is 16.7 Å². The fourth-order valence-corrected chi connectivity index (χ4v) is 5.12. The number of hydrazine groups is 1. The Morgan fingerprint density at radius 3 is 2.56 bits per heavy atom. The summed E-state index contributed by atoms with van der Waals surface area (Å²) in [5.74, 6) is -0.0311. The molecule has 4 unspecified atom stereocenters. The second-order valence-electron chi connectivity index (χ2n) is 8.31. The summed E-state index contributed by atoms with van der Waals surface area (Å²) in [5, 5.41) is 11.9. The van der Waals surface area contributed by atoms with Gasteiger partial charge in [-0.3, -0.25) is 9.78 Å². The summed E-state index contributed by atoms with van der Waals surface area (Å²) in [6, 6.07) is 13.8. The van der Waals surface area contributed by atoms with E-state index in [1.165, 1.54) is 0 Å². The highest BCUT2D eigenvalue weighted by Crippen LogP contribution is 2.49. The first kappa shape index (κ1) is 21.2. The van der Waals surface area contributed by atoms with Crippen LogP contribution in [0.1, 0.15) is 34.3 Å². The molecule has 5 rings (SSSR count). The summed E-state index contributed by atoms with van der Waals surface area (Å²) in [4.78, 5) is 19.6. The Bertz CT molecular complexity index is 1160. The molecule has 2 aromatic carbocycles. The van der Waals surface area contributed by atoms with Gasteiger partial charge in [-0.1, -0.05) is 41.4 Å². The molecule has 2 aliphatic rings. The minimum absolute atomic E-state index is 0.00787. The Hall–Kier alpha value is -2.64.